The van der Waals surface area contributed by atoms with Crippen LogP contribution in [0, 0.1) is 0 Å². The minimum Gasteiger partial charge on any atom is -0.399 e. The molecule has 0 amide bonds. The maximum absolute atomic E-state index is 6.66. The van der Waals surface area contributed by atoms with Crippen molar-refractivity contribution < 1.29 is 9.31 Å². The molecule has 0 atom stereocenters. The van der Waals surface area contributed by atoms with E-state index in [1.807, 2.05) is 0 Å². The Hall–Kier alpha value is -3.92. The van der Waals surface area contributed by atoms with Gasteiger partial charge in [-0.05, 0) is 88.8 Å². The minimum absolute atomic E-state index is 0.417. The molecule has 0 radical (unpaired) electrons. The molecule has 1 heterocycles. The summed E-state index contributed by atoms with van der Waals surface area (Å²) in [6, 6.07) is 42.5. The van der Waals surface area contributed by atoms with E-state index in [1.54, 1.807) is 0 Å². The Morgan fingerprint density at radius 2 is 0.825 bits per heavy atom. The van der Waals surface area contributed by atoms with Crippen molar-refractivity contribution in [2.45, 2.75) is 44.3 Å². The summed E-state index contributed by atoms with van der Waals surface area (Å²) in [5.41, 5.74) is 12.6. The molecule has 3 heteroatoms. The van der Waals surface area contributed by atoms with Crippen molar-refractivity contribution >= 4 is 12.6 Å². The van der Waals surface area contributed by atoms with Gasteiger partial charge in [-0.15, -0.1) is 0 Å². The van der Waals surface area contributed by atoms with Crippen LogP contribution in [0.25, 0.3) is 33.4 Å². The molecule has 0 aromatic heterocycles. The smallest absolute Gasteiger partial charge is 0.399 e. The molecular weight excluding hydrogens is 487 g/mol. The number of rotatable bonds is 1. The van der Waals surface area contributed by atoms with E-state index in [1.165, 1.54) is 55.6 Å². The van der Waals surface area contributed by atoms with Crippen LogP contribution in [0.15, 0.2) is 115 Å². The molecule has 0 saturated carbocycles. The van der Waals surface area contributed by atoms with Crippen molar-refractivity contribution in [3.05, 3.63) is 138 Å². The second kappa shape index (κ2) is 8.07. The summed E-state index contributed by atoms with van der Waals surface area (Å²) in [5, 5.41) is 0. The second-order valence-corrected chi connectivity index (χ2v) is 12.3. The molecule has 0 N–H and O–H groups in total. The predicted molar refractivity (Wildman–Crippen MR) is 164 cm³/mol. The first-order valence-electron chi connectivity index (χ1n) is 14.2. The maximum atomic E-state index is 6.66. The van der Waals surface area contributed by atoms with Crippen LogP contribution >= 0.6 is 0 Å². The van der Waals surface area contributed by atoms with Crippen LogP contribution in [0.2, 0.25) is 0 Å². The molecule has 1 saturated heterocycles. The van der Waals surface area contributed by atoms with E-state index in [0.717, 1.165) is 5.46 Å². The lowest BCUT2D eigenvalue weighted by atomic mass is 9.65. The van der Waals surface area contributed by atoms with Crippen LogP contribution < -0.4 is 5.46 Å². The summed E-state index contributed by atoms with van der Waals surface area (Å²) in [7, 11) is -0.448. The zero-order valence-electron chi connectivity index (χ0n) is 23.4. The van der Waals surface area contributed by atoms with Gasteiger partial charge in [0.1, 0.15) is 0 Å². The fourth-order valence-corrected chi connectivity index (χ4v) is 7.29. The minimum atomic E-state index is -0.488. The van der Waals surface area contributed by atoms with E-state index >= 15 is 0 Å². The summed E-state index contributed by atoms with van der Waals surface area (Å²) in [5.74, 6) is 0. The fourth-order valence-electron chi connectivity index (χ4n) is 7.29. The Morgan fingerprint density at radius 1 is 0.425 bits per heavy atom. The summed E-state index contributed by atoms with van der Waals surface area (Å²) >= 11 is 0. The fraction of sp³-hybridized carbons (Fsp3) is 0.189. The van der Waals surface area contributed by atoms with Gasteiger partial charge in [-0.3, -0.25) is 0 Å². The molecule has 0 bridgehead atoms. The third-order valence-corrected chi connectivity index (χ3v) is 9.78. The molecule has 2 nitrogen and oxygen atoms in total. The molecule has 2 aliphatic carbocycles. The highest BCUT2D eigenvalue weighted by Crippen LogP contribution is 2.61. The highest BCUT2D eigenvalue weighted by atomic mass is 16.7. The highest BCUT2D eigenvalue weighted by molar-refractivity contribution is 6.64. The average molecular weight is 518 g/mol. The van der Waals surface area contributed by atoms with E-state index in [2.05, 4.69) is 143 Å². The van der Waals surface area contributed by atoms with Gasteiger partial charge in [-0.1, -0.05) is 115 Å². The molecular formula is C37H31BO2. The molecule has 5 aromatic carbocycles. The lowest BCUT2D eigenvalue weighted by Gasteiger charge is -2.35. The lowest BCUT2D eigenvalue weighted by Crippen LogP contribution is -2.41. The first kappa shape index (κ1) is 23.9. The van der Waals surface area contributed by atoms with Crippen LogP contribution in [0.4, 0.5) is 0 Å². The lowest BCUT2D eigenvalue weighted by molar-refractivity contribution is 0.00578. The maximum Gasteiger partial charge on any atom is 0.495 e. The third-order valence-electron chi connectivity index (χ3n) is 9.78. The molecule has 1 aliphatic heterocycles. The van der Waals surface area contributed by atoms with E-state index < -0.39 is 23.7 Å². The number of hydrogen-bond donors (Lipinski definition) is 0. The topological polar surface area (TPSA) is 18.5 Å². The Balaban J connectivity index is 1.52. The van der Waals surface area contributed by atoms with Gasteiger partial charge in [-0.2, -0.15) is 0 Å². The largest absolute Gasteiger partial charge is 0.495 e. The third kappa shape index (κ3) is 2.92. The normalized spacial score (nSPS) is 18.4. The number of fused-ring (bicyclic) bond motifs is 12. The van der Waals surface area contributed by atoms with Crippen molar-refractivity contribution in [2.24, 2.45) is 0 Å². The van der Waals surface area contributed by atoms with Crippen LogP contribution in [0.5, 0.6) is 0 Å². The van der Waals surface area contributed by atoms with Gasteiger partial charge in [0.15, 0.2) is 0 Å². The summed E-state index contributed by atoms with van der Waals surface area (Å²) in [6.07, 6.45) is 0. The molecule has 1 fully saturated rings. The zero-order valence-corrected chi connectivity index (χ0v) is 23.4. The van der Waals surface area contributed by atoms with E-state index in [-0.39, 0.29) is 0 Å². The molecule has 1 spiro atoms. The molecule has 5 aromatic rings. The monoisotopic (exact) mass is 518 g/mol. The van der Waals surface area contributed by atoms with Crippen molar-refractivity contribution in [1.82, 2.24) is 0 Å². The molecule has 0 unspecified atom stereocenters. The molecule has 8 rings (SSSR count). The number of benzene rings is 5. The molecule has 40 heavy (non-hydrogen) atoms. The van der Waals surface area contributed by atoms with Crippen molar-refractivity contribution in [3.63, 3.8) is 0 Å². The summed E-state index contributed by atoms with van der Waals surface area (Å²) in [4.78, 5) is 0. The predicted octanol–water partition coefficient (Wildman–Crippen LogP) is 8.00. The second-order valence-electron chi connectivity index (χ2n) is 12.3. The van der Waals surface area contributed by atoms with E-state index in [0.29, 0.717) is 0 Å². The van der Waals surface area contributed by atoms with Gasteiger partial charge in [0.2, 0.25) is 0 Å². The van der Waals surface area contributed by atoms with Crippen molar-refractivity contribution in [2.75, 3.05) is 0 Å². The quantitative estimate of drug-likeness (QED) is 0.205. The van der Waals surface area contributed by atoms with E-state index in [9.17, 15) is 0 Å². The van der Waals surface area contributed by atoms with Gasteiger partial charge in [-0.25, -0.2) is 0 Å². The standard InChI is InChI=1S/C37H31BO2/c1-35(2)36(3,4)40-38(39-35)33-23-13-22-32-34(33)28-18-9-12-21-31(28)37(32)29-19-10-7-16-26(29)24-14-5-6-15-25(24)27-17-8-11-20-30(27)37/h5-23H,1-4H3. The van der Waals surface area contributed by atoms with E-state index in [4.69, 9.17) is 9.31 Å². The van der Waals surface area contributed by atoms with Gasteiger partial charge < -0.3 is 9.31 Å². The summed E-state index contributed by atoms with van der Waals surface area (Å²) < 4.78 is 13.3. The highest BCUT2D eigenvalue weighted by Gasteiger charge is 2.55. The Bertz CT molecular complexity index is 1750. The Kier molecular flexibility index (Phi) is 4.83. The molecule has 194 valence electrons. The Morgan fingerprint density at radius 3 is 1.35 bits per heavy atom. The van der Waals surface area contributed by atoms with Crippen LogP contribution in [0.1, 0.15) is 49.9 Å². The average Bonchev–Trinajstić information content (AvgIpc) is 3.35. The Labute approximate surface area is 236 Å². The SMILES string of the molecule is CC1(C)OB(c2cccc3c2-c2ccccc2C32c3ccccc3-c3ccccc3-c3ccccc32)OC1(C)C. The van der Waals surface area contributed by atoms with Gasteiger partial charge in [0, 0.05) is 0 Å². The first-order chi connectivity index (χ1) is 19.3. The van der Waals surface area contributed by atoms with Crippen LogP contribution in [0.3, 0.4) is 0 Å². The van der Waals surface area contributed by atoms with Crippen LogP contribution in [-0.4, -0.2) is 18.3 Å². The van der Waals surface area contributed by atoms with Gasteiger partial charge in [0.25, 0.3) is 0 Å². The molecule has 3 aliphatic rings. The van der Waals surface area contributed by atoms with Gasteiger partial charge in [0.05, 0.1) is 16.6 Å². The van der Waals surface area contributed by atoms with Crippen molar-refractivity contribution in [3.8, 4) is 33.4 Å². The first-order valence-corrected chi connectivity index (χ1v) is 14.2. The van der Waals surface area contributed by atoms with Gasteiger partial charge >= 0.3 is 7.12 Å². The zero-order chi connectivity index (χ0) is 27.3. The summed E-state index contributed by atoms with van der Waals surface area (Å²) in [6.45, 7) is 8.50. The number of hydrogen-bond acceptors (Lipinski definition) is 2. The van der Waals surface area contributed by atoms with Crippen LogP contribution in [-0.2, 0) is 14.7 Å². The van der Waals surface area contributed by atoms with Crippen molar-refractivity contribution in [1.29, 1.82) is 0 Å².